The van der Waals surface area contributed by atoms with Crippen molar-refractivity contribution in [2.45, 2.75) is 0 Å². The van der Waals surface area contributed by atoms with Crippen LogP contribution in [0.1, 0.15) is 22.8 Å². The van der Waals surface area contributed by atoms with Crippen molar-refractivity contribution in [3.63, 3.8) is 0 Å². The third-order valence-corrected chi connectivity index (χ3v) is 4.98. The predicted octanol–water partition coefficient (Wildman–Crippen LogP) is 5.11. The summed E-state index contributed by atoms with van der Waals surface area (Å²) in [5, 5.41) is 0. The van der Waals surface area contributed by atoms with Crippen molar-refractivity contribution in [2.75, 3.05) is 0 Å². The molecule has 0 radical (unpaired) electrons. The topological polar surface area (TPSA) is 83.1 Å². The second-order valence-corrected chi connectivity index (χ2v) is 7.16. The molecule has 31 heavy (non-hydrogen) atoms. The standard InChI is InChI=1S/C24H16N6.Zn/c1-8-25-24(26-9-1)22-13-21-12-19-5-4-17(28-19)10-15-2-3-16(27-15)11-18-6-7-20(29-18)14-23(22)30-21;/h1-14,27,30H;. The Hall–Kier alpha value is -3.70. The second kappa shape index (κ2) is 7.85. The van der Waals surface area contributed by atoms with E-state index in [1.807, 2.05) is 72.8 Å². The molecule has 2 N–H and O–H groups in total. The fraction of sp³-hybridized carbons (Fsp3) is 0. The van der Waals surface area contributed by atoms with Crippen LogP contribution in [0.4, 0.5) is 0 Å². The third kappa shape index (κ3) is 3.88. The zero-order valence-corrected chi connectivity index (χ0v) is 19.5. The molecule has 0 saturated carbocycles. The number of aromatic amines is 2. The number of fused-ring (bicyclic) bond motifs is 8. The average molecular weight is 454 g/mol. The summed E-state index contributed by atoms with van der Waals surface area (Å²) in [5.41, 5.74) is 8.31. The first-order chi connectivity index (χ1) is 14.8. The molecule has 0 spiro atoms. The van der Waals surface area contributed by atoms with Gasteiger partial charge in [0.05, 0.1) is 28.3 Å². The number of nitrogens with zero attached hydrogens (tertiary/aromatic N) is 4. The van der Waals surface area contributed by atoms with E-state index in [-0.39, 0.29) is 19.5 Å². The Labute approximate surface area is 190 Å². The largest absolute Gasteiger partial charge is 0.355 e. The van der Waals surface area contributed by atoms with E-state index in [2.05, 4.69) is 19.9 Å². The van der Waals surface area contributed by atoms with Gasteiger partial charge in [0, 0.05) is 54.0 Å². The molecule has 6 nitrogen and oxygen atoms in total. The number of rotatable bonds is 1. The van der Waals surface area contributed by atoms with Gasteiger partial charge < -0.3 is 9.97 Å². The van der Waals surface area contributed by atoms with Crippen molar-refractivity contribution >= 4 is 46.4 Å². The third-order valence-electron chi connectivity index (χ3n) is 4.98. The Morgan fingerprint density at radius 3 is 1.74 bits per heavy atom. The first kappa shape index (κ1) is 19.3. The molecular formula is C24H16N6Zn. The molecule has 0 unspecified atom stereocenters. The Kier molecular flexibility index (Phi) is 4.88. The van der Waals surface area contributed by atoms with Crippen LogP contribution < -0.4 is 0 Å². The molecular weight excluding hydrogens is 438 g/mol. The monoisotopic (exact) mass is 452 g/mol. The van der Waals surface area contributed by atoms with Gasteiger partial charge in [-0.1, -0.05) is 0 Å². The number of hydrogen-bond acceptors (Lipinski definition) is 4. The quantitative estimate of drug-likeness (QED) is 0.339. The van der Waals surface area contributed by atoms with Crippen LogP contribution in [0.15, 0.2) is 60.9 Å². The van der Waals surface area contributed by atoms with E-state index < -0.39 is 0 Å². The van der Waals surface area contributed by atoms with Crippen LogP contribution in [0, 0.1) is 0 Å². The molecule has 0 amide bonds. The molecule has 7 heteroatoms. The summed E-state index contributed by atoms with van der Waals surface area (Å²) < 4.78 is 0. The van der Waals surface area contributed by atoms with E-state index in [0.717, 1.165) is 50.4 Å². The van der Waals surface area contributed by atoms with E-state index in [1.165, 1.54) is 0 Å². The van der Waals surface area contributed by atoms with E-state index >= 15 is 0 Å². The van der Waals surface area contributed by atoms with Crippen LogP contribution in [0.2, 0.25) is 0 Å². The van der Waals surface area contributed by atoms with Gasteiger partial charge in [-0.25, -0.2) is 19.9 Å². The van der Waals surface area contributed by atoms with E-state index in [9.17, 15) is 0 Å². The van der Waals surface area contributed by atoms with E-state index in [4.69, 9.17) is 9.97 Å². The van der Waals surface area contributed by atoms with Gasteiger partial charge in [0.2, 0.25) is 0 Å². The van der Waals surface area contributed by atoms with Gasteiger partial charge in [-0.3, -0.25) is 0 Å². The Morgan fingerprint density at radius 1 is 0.581 bits per heavy atom. The van der Waals surface area contributed by atoms with E-state index in [0.29, 0.717) is 5.82 Å². The van der Waals surface area contributed by atoms with Crippen molar-refractivity contribution in [1.29, 1.82) is 0 Å². The summed E-state index contributed by atoms with van der Waals surface area (Å²) in [7, 11) is 0. The van der Waals surface area contributed by atoms with Gasteiger partial charge in [-0.05, 0) is 72.8 Å². The van der Waals surface area contributed by atoms with Crippen LogP contribution in [-0.4, -0.2) is 29.9 Å². The first-order valence-electron chi connectivity index (χ1n) is 9.64. The number of H-pyrrole nitrogens is 2. The fourth-order valence-electron chi connectivity index (χ4n) is 3.64. The summed E-state index contributed by atoms with van der Waals surface area (Å²) in [6.45, 7) is 0. The molecule has 0 aliphatic carbocycles. The molecule has 2 aliphatic heterocycles. The molecule has 8 bridgehead atoms. The molecule has 0 saturated heterocycles. The molecule has 0 aromatic carbocycles. The molecule has 2 aliphatic rings. The molecule has 6 heterocycles. The maximum Gasteiger partial charge on any atom is 0.161 e. The van der Waals surface area contributed by atoms with Crippen molar-refractivity contribution in [1.82, 2.24) is 29.9 Å². The fourth-order valence-corrected chi connectivity index (χ4v) is 3.64. The van der Waals surface area contributed by atoms with Gasteiger partial charge in [0.15, 0.2) is 5.82 Å². The molecule has 4 aromatic rings. The summed E-state index contributed by atoms with van der Waals surface area (Å²) in [4.78, 5) is 25.1. The Bertz CT molecular complexity index is 1500. The van der Waals surface area contributed by atoms with Crippen molar-refractivity contribution in [3.8, 4) is 11.4 Å². The van der Waals surface area contributed by atoms with Crippen LogP contribution in [-0.2, 0) is 19.5 Å². The molecule has 0 fully saturated rings. The maximum atomic E-state index is 4.73. The second-order valence-electron chi connectivity index (χ2n) is 7.16. The normalized spacial score (nSPS) is 12.0. The van der Waals surface area contributed by atoms with Gasteiger partial charge in [-0.2, -0.15) is 0 Å². The van der Waals surface area contributed by atoms with Gasteiger partial charge >= 0.3 is 0 Å². The minimum atomic E-state index is 0. The molecule has 4 aromatic heterocycles. The Balaban J connectivity index is 0.00000204. The van der Waals surface area contributed by atoms with Crippen LogP contribution in [0.25, 0.3) is 57.8 Å². The zero-order chi connectivity index (χ0) is 19.9. The SMILES string of the molecule is C1=Cc2cc3cc(-c4ncccn4)c(cc4nc(cc5ccc(cc1n2)[nH]5)C=C4)[nH]3.[Zn]. The Morgan fingerprint density at radius 2 is 1.13 bits per heavy atom. The maximum absolute atomic E-state index is 4.73. The minimum Gasteiger partial charge on any atom is -0.355 e. The number of hydrogen-bond donors (Lipinski definition) is 2. The van der Waals surface area contributed by atoms with Gasteiger partial charge in [-0.15, -0.1) is 0 Å². The van der Waals surface area contributed by atoms with Crippen molar-refractivity contribution in [3.05, 3.63) is 83.7 Å². The summed E-state index contributed by atoms with van der Waals surface area (Å²) in [6, 6.07) is 16.0. The summed E-state index contributed by atoms with van der Waals surface area (Å²) >= 11 is 0. The molecule has 6 rings (SSSR count). The zero-order valence-electron chi connectivity index (χ0n) is 16.6. The van der Waals surface area contributed by atoms with Crippen molar-refractivity contribution in [2.24, 2.45) is 0 Å². The van der Waals surface area contributed by atoms with E-state index in [1.54, 1.807) is 12.4 Å². The minimum absolute atomic E-state index is 0. The summed E-state index contributed by atoms with van der Waals surface area (Å²) in [6.07, 6.45) is 11.5. The number of aromatic nitrogens is 6. The smallest absolute Gasteiger partial charge is 0.161 e. The van der Waals surface area contributed by atoms with Gasteiger partial charge in [0.1, 0.15) is 0 Å². The van der Waals surface area contributed by atoms with Crippen LogP contribution >= 0.6 is 0 Å². The van der Waals surface area contributed by atoms with Crippen molar-refractivity contribution < 1.29 is 19.5 Å². The first-order valence-corrected chi connectivity index (χ1v) is 9.64. The average Bonchev–Trinajstić information content (AvgIpc) is 3.53. The van der Waals surface area contributed by atoms with Crippen LogP contribution in [0.5, 0.6) is 0 Å². The molecule has 0 atom stereocenters. The van der Waals surface area contributed by atoms with Crippen LogP contribution in [0.3, 0.4) is 0 Å². The predicted molar refractivity (Wildman–Crippen MR) is 120 cm³/mol. The number of nitrogens with one attached hydrogen (secondary N) is 2. The van der Waals surface area contributed by atoms with Gasteiger partial charge in [0.25, 0.3) is 0 Å². The summed E-state index contributed by atoms with van der Waals surface area (Å²) in [5.74, 6) is 0.666. The molecule has 144 valence electrons.